The van der Waals surface area contributed by atoms with Gasteiger partial charge in [-0.05, 0) is 34.0 Å². The molecule has 0 aromatic carbocycles. The van der Waals surface area contributed by atoms with Gasteiger partial charge in [0.1, 0.15) is 5.84 Å². The molecule has 0 unspecified atom stereocenters. The van der Waals surface area contributed by atoms with Crippen LogP contribution in [0.2, 0.25) is 0 Å². The molecule has 14 heavy (non-hydrogen) atoms. The molecule has 4 heteroatoms. The smallest absolute Gasteiger partial charge is 0.101 e. The van der Waals surface area contributed by atoms with E-state index >= 15 is 0 Å². The SMILES string of the molecule is CCN(CCCN(C)C)C(=N)CC=N. The summed E-state index contributed by atoms with van der Waals surface area (Å²) >= 11 is 0. The third-order valence-electron chi connectivity index (χ3n) is 2.09. The van der Waals surface area contributed by atoms with Crippen LogP contribution < -0.4 is 0 Å². The summed E-state index contributed by atoms with van der Waals surface area (Å²) in [6, 6.07) is 0. The summed E-state index contributed by atoms with van der Waals surface area (Å²) in [5, 5.41) is 14.6. The molecule has 0 rings (SSSR count). The van der Waals surface area contributed by atoms with Crippen molar-refractivity contribution in [2.24, 2.45) is 0 Å². The average Bonchev–Trinajstić information content (AvgIpc) is 2.12. The number of rotatable bonds is 7. The first-order chi connectivity index (χ1) is 6.61. The quantitative estimate of drug-likeness (QED) is 0.478. The molecule has 0 amide bonds. The Morgan fingerprint density at radius 2 is 1.93 bits per heavy atom. The Hall–Kier alpha value is -0.900. The van der Waals surface area contributed by atoms with Gasteiger partial charge in [-0.3, -0.25) is 5.41 Å². The summed E-state index contributed by atoms with van der Waals surface area (Å²) in [5.41, 5.74) is 0. The van der Waals surface area contributed by atoms with E-state index in [0.29, 0.717) is 12.3 Å². The highest BCUT2D eigenvalue weighted by Crippen LogP contribution is 1.96. The summed E-state index contributed by atoms with van der Waals surface area (Å²) in [6.07, 6.45) is 2.81. The highest BCUT2D eigenvalue weighted by molar-refractivity contribution is 5.90. The fraction of sp³-hybridized carbons (Fsp3) is 0.800. The van der Waals surface area contributed by atoms with Crippen LogP contribution in [-0.2, 0) is 0 Å². The lowest BCUT2D eigenvalue weighted by molar-refractivity contribution is 0.352. The van der Waals surface area contributed by atoms with Crippen LogP contribution in [0.25, 0.3) is 0 Å². The Kier molecular flexibility index (Phi) is 7.02. The standard InChI is InChI=1S/C10H22N4/c1-4-14(10(12)6-7-11)9-5-8-13(2)3/h7,11-12H,4-6,8-9H2,1-3H3. The van der Waals surface area contributed by atoms with E-state index in [1.807, 2.05) is 11.8 Å². The third kappa shape index (κ3) is 5.70. The zero-order valence-corrected chi connectivity index (χ0v) is 9.51. The molecule has 0 aromatic rings. The van der Waals surface area contributed by atoms with Crippen LogP contribution in [0.3, 0.4) is 0 Å². The summed E-state index contributed by atoms with van der Waals surface area (Å²) < 4.78 is 0. The monoisotopic (exact) mass is 198 g/mol. The van der Waals surface area contributed by atoms with E-state index in [4.69, 9.17) is 10.8 Å². The van der Waals surface area contributed by atoms with Crippen LogP contribution in [0, 0.1) is 10.8 Å². The van der Waals surface area contributed by atoms with Crippen LogP contribution in [0.5, 0.6) is 0 Å². The second-order valence-electron chi connectivity index (χ2n) is 3.59. The lowest BCUT2D eigenvalue weighted by atomic mass is 10.3. The van der Waals surface area contributed by atoms with Crippen LogP contribution in [0.1, 0.15) is 19.8 Å². The largest absolute Gasteiger partial charge is 0.360 e. The van der Waals surface area contributed by atoms with Gasteiger partial charge >= 0.3 is 0 Å². The number of hydrogen-bond acceptors (Lipinski definition) is 3. The first-order valence-electron chi connectivity index (χ1n) is 5.07. The second-order valence-corrected chi connectivity index (χ2v) is 3.59. The number of nitrogens with one attached hydrogen (secondary N) is 2. The normalized spacial score (nSPS) is 10.3. The molecule has 0 saturated carbocycles. The maximum absolute atomic E-state index is 7.69. The molecule has 0 spiro atoms. The molecule has 0 bridgehead atoms. The molecular formula is C10H22N4. The Balaban J connectivity index is 3.78. The van der Waals surface area contributed by atoms with Gasteiger partial charge in [-0.1, -0.05) is 0 Å². The Morgan fingerprint density at radius 3 is 2.36 bits per heavy atom. The van der Waals surface area contributed by atoms with Crippen molar-refractivity contribution in [3.05, 3.63) is 0 Å². The molecular weight excluding hydrogens is 176 g/mol. The highest BCUT2D eigenvalue weighted by atomic mass is 15.2. The number of amidine groups is 1. The van der Waals surface area contributed by atoms with Crippen molar-refractivity contribution in [1.82, 2.24) is 9.80 Å². The van der Waals surface area contributed by atoms with Gasteiger partial charge in [-0.2, -0.15) is 0 Å². The van der Waals surface area contributed by atoms with Gasteiger partial charge in [0, 0.05) is 25.7 Å². The molecule has 0 heterocycles. The molecule has 0 atom stereocenters. The fourth-order valence-corrected chi connectivity index (χ4v) is 1.29. The summed E-state index contributed by atoms with van der Waals surface area (Å²) in [4.78, 5) is 4.17. The predicted molar refractivity (Wildman–Crippen MR) is 61.5 cm³/mol. The van der Waals surface area contributed by atoms with E-state index in [1.165, 1.54) is 6.21 Å². The van der Waals surface area contributed by atoms with E-state index in [9.17, 15) is 0 Å². The molecule has 2 N–H and O–H groups in total. The lowest BCUT2D eigenvalue weighted by Crippen LogP contribution is -2.32. The first-order valence-corrected chi connectivity index (χ1v) is 5.07. The van der Waals surface area contributed by atoms with E-state index in [2.05, 4.69) is 19.0 Å². The van der Waals surface area contributed by atoms with Crippen molar-refractivity contribution in [3.8, 4) is 0 Å². The molecule has 0 radical (unpaired) electrons. The van der Waals surface area contributed by atoms with E-state index in [1.54, 1.807) is 0 Å². The summed E-state index contributed by atoms with van der Waals surface area (Å²) in [6.45, 7) is 4.88. The fourth-order valence-electron chi connectivity index (χ4n) is 1.29. The minimum absolute atomic E-state index is 0.454. The Morgan fingerprint density at radius 1 is 1.29 bits per heavy atom. The molecule has 4 nitrogen and oxygen atoms in total. The van der Waals surface area contributed by atoms with E-state index in [0.717, 1.165) is 26.1 Å². The number of nitrogens with zero attached hydrogens (tertiary/aromatic N) is 2. The van der Waals surface area contributed by atoms with Crippen molar-refractivity contribution in [2.75, 3.05) is 33.7 Å². The van der Waals surface area contributed by atoms with Gasteiger partial charge in [0.15, 0.2) is 0 Å². The molecule has 0 aliphatic carbocycles. The molecule has 82 valence electrons. The van der Waals surface area contributed by atoms with Crippen LogP contribution in [0.15, 0.2) is 0 Å². The maximum Gasteiger partial charge on any atom is 0.101 e. The third-order valence-corrected chi connectivity index (χ3v) is 2.09. The second kappa shape index (κ2) is 7.50. The van der Waals surface area contributed by atoms with Gasteiger partial charge in [0.25, 0.3) is 0 Å². The minimum Gasteiger partial charge on any atom is -0.360 e. The minimum atomic E-state index is 0.454. The van der Waals surface area contributed by atoms with Gasteiger partial charge < -0.3 is 15.2 Å². The van der Waals surface area contributed by atoms with Crippen LogP contribution in [-0.4, -0.2) is 55.6 Å². The van der Waals surface area contributed by atoms with Gasteiger partial charge in [-0.15, -0.1) is 0 Å². The topological polar surface area (TPSA) is 54.2 Å². The van der Waals surface area contributed by atoms with Crippen molar-refractivity contribution in [3.63, 3.8) is 0 Å². The zero-order chi connectivity index (χ0) is 11.0. The van der Waals surface area contributed by atoms with Gasteiger partial charge in [0.05, 0.1) is 0 Å². The lowest BCUT2D eigenvalue weighted by Gasteiger charge is -2.23. The molecule has 0 aliphatic heterocycles. The first kappa shape index (κ1) is 13.1. The number of hydrogen-bond donors (Lipinski definition) is 2. The van der Waals surface area contributed by atoms with Crippen LogP contribution >= 0.6 is 0 Å². The van der Waals surface area contributed by atoms with E-state index < -0.39 is 0 Å². The van der Waals surface area contributed by atoms with Crippen molar-refractivity contribution >= 4 is 12.1 Å². The highest BCUT2D eigenvalue weighted by Gasteiger charge is 2.05. The summed E-state index contributed by atoms with van der Waals surface area (Å²) in [7, 11) is 4.11. The predicted octanol–water partition coefficient (Wildman–Crippen LogP) is 1.28. The molecule has 0 aromatic heterocycles. The van der Waals surface area contributed by atoms with Crippen molar-refractivity contribution in [1.29, 1.82) is 10.8 Å². The zero-order valence-electron chi connectivity index (χ0n) is 9.51. The molecule has 0 aliphatic rings. The average molecular weight is 198 g/mol. The Labute approximate surface area is 86.9 Å². The molecule has 0 fully saturated rings. The maximum atomic E-state index is 7.69. The van der Waals surface area contributed by atoms with E-state index in [-0.39, 0.29) is 0 Å². The Bertz CT molecular complexity index is 177. The van der Waals surface area contributed by atoms with Gasteiger partial charge in [-0.25, -0.2) is 0 Å². The van der Waals surface area contributed by atoms with Crippen molar-refractivity contribution in [2.45, 2.75) is 19.8 Å². The van der Waals surface area contributed by atoms with Gasteiger partial charge in [0.2, 0.25) is 0 Å². The molecule has 0 saturated heterocycles. The van der Waals surface area contributed by atoms with Crippen LogP contribution in [0.4, 0.5) is 0 Å². The van der Waals surface area contributed by atoms with Crippen molar-refractivity contribution < 1.29 is 0 Å². The summed E-state index contributed by atoms with van der Waals surface area (Å²) in [5.74, 6) is 0.557.